The van der Waals surface area contributed by atoms with E-state index in [9.17, 15) is 9.59 Å². The first-order chi connectivity index (χ1) is 13.3. The smallest absolute Gasteiger partial charge is 0.263 e. The molecule has 2 aromatic heterocycles. The highest BCUT2D eigenvalue weighted by Gasteiger charge is 2.23. The first-order valence-corrected chi connectivity index (χ1v) is 10.7. The van der Waals surface area contributed by atoms with Crippen molar-refractivity contribution in [3.63, 3.8) is 0 Å². The van der Waals surface area contributed by atoms with Crippen molar-refractivity contribution in [2.24, 2.45) is 0 Å². The molecule has 0 unspecified atom stereocenters. The third-order valence-corrected chi connectivity index (χ3v) is 6.85. The van der Waals surface area contributed by atoms with E-state index in [1.807, 2.05) is 51.1 Å². The minimum Gasteiger partial charge on any atom is -0.315 e. The fourth-order valence-corrected chi connectivity index (χ4v) is 5.03. The van der Waals surface area contributed by atoms with Gasteiger partial charge in [0.2, 0.25) is 5.91 Å². The van der Waals surface area contributed by atoms with E-state index in [4.69, 9.17) is 4.98 Å². The van der Waals surface area contributed by atoms with Crippen LogP contribution in [-0.4, -0.2) is 27.8 Å². The SMILES string of the molecule is C=CCn1c(S[C@@H](C)C(=O)N(C)c2ccccc2)nc2sc(C)c(C)c2c1=O. The quantitative estimate of drug-likeness (QED) is 0.341. The number of hydrogen-bond acceptors (Lipinski definition) is 5. The number of allylic oxidation sites excluding steroid dienone is 1. The Morgan fingerprint density at radius 2 is 2.04 bits per heavy atom. The van der Waals surface area contributed by atoms with E-state index in [-0.39, 0.29) is 11.5 Å². The number of rotatable bonds is 6. The van der Waals surface area contributed by atoms with Gasteiger partial charge in [-0.3, -0.25) is 14.2 Å². The van der Waals surface area contributed by atoms with Gasteiger partial charge in [0, 0.05) is 24.2 Å². The molecule has 1 aromatic carbocycles. The lowest BCUT2D eigenvalue weighted by Gasteiger charge is -2.21. The molecule has 146 valence electrons. The molecule has 0 saturated heterocycles. The van der Waals surface area contributed by atoms with Crippen molar-refractivity contribution in [3.05, 3.63) is 63.8 Å². The van der Waals surface area contributed by atoms with E-state index < -0.39 is 5.25 Å². The number of hydrogen-bond donors (Lipinski definition) is 0. The Bertz CT molecular complexity index is 1090. The van der Waals surface area contributed by atoms with Gasteiger partial charge in [0.15, 0.2) is 5.16 Å². The number of thiophene rings is 1. The summed E-state index contributed by atoms with van der Waals surface area (Å²) in [6, 6.07) is 9.50. The number of fused-ring (bicyclic) bond motifs is 1. The summed E-state index contributed by atoms with van der Waals surface area (Å²) in [5.74, 6) is -0.0470. The molecular formula is C21H23N3O2S2. The van der Waals surface area contributed by atoms with Crippen LogP contribution in [-0.2, 0) is 11.3 Å². The predicted octanol–water partition coefficient (Wildman–Crippen LogP) is 4.40. The Kier molecular flexibility index (Phi) is 6.05. The Hall–Kier alpha value is -2.38. The number of benzene rings is 1. The van der Waals surface area contributed by atoms with E-state index in [0.717, 1.165) is 21.0 Å². The van der Waals surface area contributed by atoms with Crippen molar-refractivity contribution < 1.29 is 4.79 Å². The summed E-state index contributed by atoms with van der Waals surface area (Å²) in [5.41, 5.74) is 1.72. The molecule has 2 heterocycles. The maximum atomic E-state index is 13.1. The summed E-state index contributed by atoms with van der Waals surface area (Å²) in [7, 11) is 1.76. The third-order valence-electron chi connectivity index (χ3n) is 4.67. The van der Waals surface area contributed by atoms with Crippen LogP contribution in [0.3, 0.4) is 0 Å². The zero-order valence-corrected chi connectivity index (χ0v) is 18.1. The van der Waals surface area contributed by atoms with Gasteiger partial charge in [0.1, 0.15) is 4.83 Å². The molecule has 1 atom stereocenters. The van der Waals surface area contributed by atoms with Gasteiger partial charge in [-0.25, -0.2) is 4.98 Å². The molecule has 28 heavy (non-hydrogen) atoms. The van der Waals surface area contributed by atoms with Crippen LogP contribution in [0.2, 0.25) is 0 Å². The lowest BCUT2D eigenvalue weighted by atomic mass is 10.2. The molecule has 0 bridgehead atoms. The normalized spacial score (nSPS) is 12.1. The monoisotopic (exact) mass is 413 g/mol. The van der Waals surface area contributed by atoms with Gasteiger partial charge >= 0.3 is 0 Å². The molecule has 1 amide bonds. The average molecular weight is 414 g/mol. The Morgan fingerprint density at radius 1 is 1.36 bits per heavy atom. The number of aromatic nitrogens is 2. The van der Waals surface area contributed by atoms with Gasteiger partial charge in [-0.05, 0) is 38.5 Å². The highest BCUT2D eigenvalue weighted by atomic mass is 32.2. The number of anilines is 1. The van der Waals surface area contributed by atoms with Crippen LogP contribution in [0.25, 0.3) is 10.2 Å². The summed E-state index contributed by atoms with van der Waals surface area (Å²) < 4.78 is 1.60. The number of para-hydroxylation sites is 1. The summed E-state index contributed by atoms with van der Waals surface area (Å²) in [4.78, 5) is 34.1. The molecule has 0 radical (unpaired) electrons. The molecule has 0 saturated carbocycles. The zero-order valence-electron chi connectivity index (χ0n) is 16.4. The number of carbonyl (C=O) groups excluding carboxylic acids is 1. The molecule has 0 N–H and O–H groups in total. The fraction of sp³-hybridized carbons (Fsp3) is 0.286. The maximum absolute atomic E-state index is 13.1. The predicted molar refractivity (Wildman–Crippen MR) is 119 cm³/mol. The second kappa shape index (κ2) is 8.32. The third kappa shape index (κ3) is 3.77. The highest BCUT2D eigenvalue weighted by Crippen LogP contribution is 2.30. The van der Waals surface area contributed by atoms with Gasteiger partial charge in [-0.1, -0.05) is 36.0 Å². The Balaban J connectivity index is 1.96. The van der Waals surface area contributed by atoms with Crippen molar-refractivity contribution in [3.8, 4) is 0 Å². The number of nitrogens with zero attached hydrogens (tertiary/aromatic N) is 3. The average Bonchev–Trinajstić information content (AvgIpc) is 2.98. The molecule has 0 aliphatic carbocycles. The Labute approximate surface area is 172 Å². The number of aryl methyl sites for hydroxylation is 2. The van der Waals surface area contributed by atoms with Gasteiger partial charge in [0.25, 0.3) is 5.56 Å². The van der Waals surface area contributed by atoms with Crippen molar-refractivity contribution >= 4 is 44.9 Å². The molecule has 5 nitrogen and oxygen atoms in total. The first kappa shape index (κ1) is 20.4. The molecule has 0 aliphatic rings. The molecule has 3 aromatic rings. The van der Waals surface area contributed by atoms with Crippen LogP contribution in [0.15, 0.2) is 52.9 Å². The van der Waals surface area contributed by atoms with E-state index in [2.05, 4.69) is 6.58 Å². The molecule has 7 heteroatoms. The van der Waals surface area contributed by atoms with Gasteiger partial charge < -0.3 is 4.90 Å². The van der Waals surface area contributed by atoms with Crippen molar-refractivity contribution in [1.29, 1.82) is 0 Å². The van der Waals surface area contributed by atoms with E-state index >= 15 is 0 Å². The lowest BCUT2D eigenvalue weighted by molar-refractivity contribution is -0.117. The summed E-state index contributed by atoms with van der Waals surface area (Å²) in [5, 5.41) is 0.808. The van der Waals surface area contributed by atoms with Crippen molar-refractivity contribution in [2.75, 3.05) is 11.9 Å². The Morgan fingerprint density at radius 3 is 2.68 bits per heavy atom. The molecule has 3 rings (SSSR count). The lowest BCUT2D eigenvalue weighted by Crippen LogP contribution is -2.34. The van der Waals surface area contributed by atoms with Gasteiger partial charge in [0.05, 0.1) is 10.6 Å². The van der Waals surface area contributed by atoms with Crippen LogP contribution >= 0.6 is 23.1 Å². The second-order valence-corrected chi connectivity index (χ2v) is 9.07. The van der Waals surface area contributed by atoms with Crippen LogP contribution in [0, 0.1) is 13.8 Å². The number of amides is 1. The van der Waals surface area contributed by atoms with E-state index in [1.54, 1.807) is 22.6 Å². The maximum Gasteiger partial charge on any atom is 0.263 e. The first-order valence-electron chi connectivity index (χ1n) is 8.95. The van der Waals surface area contributed by atoms with Gasteiger partial charge in [-0.15, -0.1) is 17.9 Å². The van der Waals surface area contributed by atoms with E-state index in [1.165, 1.54) is 23.1 Å². The number of carbonyl (C=O) groups is 1. The highest BCUT2D eigenvalue weighted by molar-refractivity contribution is 8.00. The molecule has 0 aliphatic heterocycles. The fourth-order valence-electron chi connectivity index (χ4n) is 2.95. The minimum atomic E-state index is -0.396. The van der Waals surface area contributed by atoms with Crippen molar-refractivity contribution in [2.45, 2.75) is 37.7 Å². The van der Waals surface area contributed by atoms with Crippen LogP contribution in [0.1, 0.15) is 17.4 Å². The number of thioether (sulfide) groups is 1. The summed E-state index contributed by atoms with van der Waals surface area (Å²) in [6.45, 7) is 9.89. The molecule has 0 spiro atoms. The van der Waals surface area contributed by atoms with Crippen LogP contribution in [0.4, 0.5) is 5.69 Å². The van der Waals surface area contributed by atoms with Gasteiger partial charge in [-0.2, -0.15) is 0 Å². The van der Waals surface area contributed by atoms with Crippen molar-refractivity contribution in [1.82, 2.24) is 9.55 Å². The zero-order chi connectivity index (χ0) is 20.4. The standard InChI is InChI=1S/C21H23N3O2S2/c1-6-12-24-20(26)17-13(2)14(3)27-18(17)22-21(24)28-15(4)19(25)23(5)16-10-8-7-9-11-16/h6-11,15H,1,12H2,2-5H3/t15-/m0/s1. The topological polar surface area (TPSA) is 55.2 Å². The van der Waals surface area contributed by atoms with E-state index in [0.29, 0.717) is 17.1 Å². The molecule has 0 fully saturated rings. The summed E-state index contributed by atoms with van der Waals surface area (Å²) >= 11 is 2.82. The second-order valence-electron chi connectivity index (χ2n) is 6.56. The van der Waals surface area contributed by atoms with Crippen LogP contribution < -0.4 is 10.5 Å². The minimum absolute atomic E-state index is 0.0470. The molecular weight excluding hydrogens is 390 g/mol. The largest absolute Gasteiger partial charge is 0.315 e. The van der Waals surface area contributed by atoms with Crippen LogP contribution in [0.5, 0.6) is 0 Å². The summed E-state index contributed by atoms with van der Waals surface area (Å²) in [6.07, 6.45) is 1.68.